The van der Waals surface area contributed by atoms with Gasteiger partial charge in [-0.1, -0.05) is 23.7 Å². The molecule has 0 aliphatic rings. The van der Waals surface area contributed by atoms with Crippen LogP contribution in [0.3, 0.4) is 0 Å². The minimum atomic E-state index is -3.50. The Bertz CT molecular complexity index is 745. The summed E-state index contributed by atoms with van der Waals surface area (Å²) in [5, 5.41) is 0.639. The summed E-state index contributed by atoms with van der Waals surface area (Å²) in [5.74, 6) is -0.570. The van der Waals surface area contributed by atoms with E-state index in [4.69, 9.17) is 11.6 Å². The first kappa shape index (κ1) is 15.8. The van der Waals surface area contributed by atoms with E-state index in [0.29, 0.717) is 17.3 Å². The van der Waals surface area contributed by atoms with Crippen LogP contribution in [0.15, 0.2) is 47.4 Å². The molecule has 2 aromatic carbocycles. The second-order valence-electron chi connectivity index (χ2n) is 4.87. The quantitative estimate of drug-likeness (QED) is 0.862. The predicted octanol–water partition coefficient (Wildman–Crippen LogP) is 3.52. The number of nitrogens with zero attached hydrogens (tertiary/aromatic N) is 1. The van der Waals surface area contributed by atoms with Crippen molar-refractivity contribution >= 4 is 27.1 Å². The lowest BCUT2D eigenvalue weighted by Gasteiger charge is -2.22. The molecule has 0 fully saturated rings. The molecule has 0 atom stereocenters. The molecular weight excluding hydrogens is 313 g/mol. The number of hydrogen-bond acceptors (Lipinski definition) is 3. The normalized spacial score (nSPS) is 11.4. The van der Waals surface area contributed by atoms with E-state index in [1.807, 2.05) is 12.1 Å². The predicted molar refractivity (Wildman–Crippen MR) is 83.1 cm³/mol. The van der Waals surface area contributed by atoms with Gasteiger partial charge >= 0.3 is 0 Å². The van der Waals surface area contributed by atoms with Gasteiger partial charge in [0.1, 0.15) is 5.82 Å². The molecule has 0 heterocycles. The van der Waals surface area contributed by atoms with Gasteiger partial charge < -0.3 is 4.90 Å². The molecule has 6 heteroatoms. The second kappa shape index (κ2) is 6.03. The fraction of sp³-hybridized carbons (Fsp3) is 0.200. The molecule has 0 unspecified atom stereocenters. The van der Waals surface area contributed by atoms with Crippen molar-refractivity contribution in [1.29, 1.82) is 0 Å². The van der Waals surface area contributed by atoms with Crippen molar-refractivity contribution in [3.05, 3.63) is 58.9 Å². The van der Waals surface area contributed by atoms with E-state index in [9.17, 15) is 12.8 Å². The van der Waals surface area contributed by atoms with Crippen molar-refractivity contribution in [2.24, 2.45) is 0 Å². The van der Waals surface area contributed by atoms with Gasteiger partial charge in [-0.15, -0.1) is 0 Å². The zero-order chi connectivity index (χ0) is 15.6. The van der Waals surface area contributed by atoms with E-state index in [2.05, 4.69) is 0 Å². The summed E-state index contributed by atoms with van der Waals surface area (Å²) in [7, 11) is -1.74. The highest BCUT2D eigenvalue weighted by atomic mass is 35.5. The van der Waals surface area contributed by atoms with E-state index in [1.165, 1.54) is 12.1 Å². The summed E-state index contributed by atoms with van der Waals surface area (Å²) in [4.78, 5) is 1.75. The van der Waals surface area contributed by atoms with Crippen molar-refractivity contribution in [3.63, 3.8) is 0 Å². The fourth-order valence-electron chi connectivity index (χ4n) is 2.05. The first-order chi connectivity index (χ1) is 9.77. The van der Waals surface area contributed by atoms with Gasteiger partial charge in [0.25, 0.3) is 0 Å². The monoisotopic (exact) mass is 327 g/mol. The van der Waals surface area contributed by atoms with Gasteiger partial charge in [-0.3, -0.25) is 0 Å². The maximum absolute atomic E-state index is 13.3. The Morgan fingerprint density at radius 3 is 2.33 bits per heavy atom. The molecule has 2 rings (SSSR count). The van der Waals surface area contributed by atoms with Crippen LogP contribution >= 0.6 is 11.6 Å². The van der Waals surface area contributed by atoms with E-state index in [0.717, 1.165) is 17.9 Å². The van der Waals surface area contributed by atoms with Crippen LogP contribution in [-0.2, 0) is 16.4 Å². The molecule has 2 aromatic rings. The van der Waals surface area contributed by atoms with Crippen LogP contribution in [0.1, 0.15) is 5.56 Å². The summed E-state index contributed by atoms with van der Waals surface area (Å²) < 4.78 is 36.9. The van der Waals surface area contributed by atoms with E-state index in [-0.39, 0.29) is 4.90 Å². The number of anilines is 1. The highest BCUT2D eigenvalue weighted by Crippen LogP contribution is 2.26. The Morgan fingerprint density at radius 2 is 1.76 bits per heavy atom. The highest BCUT2D eigenvalue weighted by Gasteiger charge is 2.17. The first-order valence-corrected chi connectivity index (χ1v) is 8.49. The average Bonchev–Trinajstić information content (AvgIpc) is 2.40. The molecule has 0 aliphatic heterocycles. The molecule has 3 nitrogen and oxygen atoms in total. The maximum Gasteiger partial charge on any atom is 0.177 e. The Balaban J connectivity index is 2.35. The van der Waals surface area contributed by atoms with Gasteiger partial charge in [0, 0.05) is 24.9 Å². The summed E-state index contributed by atoms with van der Waals surface area (Å²) in [6.07, 6.45) is 1.07. The van der Waals surface area contributed by atoms with Gasteiger partial charge in [-0.25, -0.2) is 12.8 Å². The molecular formula is C15H15ClFNO2S. The summed E-state index contributed by atoms with van der Waals surface area (Å²) in [6, 6.07) is 11.0. The number of halogens is 2. The third-order valence-corrected chi connectivity index (χ3v) is 4.44. The summed E-state index contributed by atoms with van der Waals surface area (Å²) in [5.41, 5.74) is 1.44. The lowest BCUT2D eigenvalue weighted by molar-refractivity contribution is 0.595. The maximum atomic E-state index is 13.3. The first-order valence-electron chi connectivity index (χ1n) is 6.22. The zero-order valence-corrected chi connectivity index (χ0v) is 13.2. The Labute approximate surface area is 128 Å². The van der Waals surface area contributed by atoms with Crippen molar-refractivity contribution in [2.75, 3.05) is 18.2 Å². The molecule has 21 heavy (non-hydrogen) atoms. The Hall–Kier alpha value is -1.59. The average molecular weight is 328 g/mol. The number of hydrogen-bond donors (Lipinski definition) is 0. The van der Waals surface area contributed by atoms with Crippen LogP contribution in [0, 0.1) is 5.82 Å². The third-order valence-electron chi connectivity index (χ3n) is 3.07. The molecule has 0 aromatic heterocycles. The van der Waals surface area contributed by atoms with Crippen molar-refractivity contribution in [1.82, 2.24) is 0 Å². The van der Waals surface area contributed by atoms with Crippen LogP contribution in [0.5, 0.6) is 0 Å². The molecule has 0 aliphatic carbocycles. The largest absolute Gasteiger partial charge is 0.369 e. The third kappa shape index (κ3) is 3.95. The molecule has 0 bridgehead atoms. The highest BCUT2D eigenvalue weighted by molar-refractivity contribution is 7.90. The minimum absolute atomic E-state index is 0.0148. The van der Waals surface area contributed by atoms with Crippen LogP contribution in [-0.4, -0.2) is 21.7 Å². The minimum Gasteiger partial charge on any atom is -0.369 e. The number of rotatable bonds is 4. The van der Waals surface area contributed by atoms with Gasteiger partial charge in [0.2, 0.25) is 0 Å². The zero-order valence-electron chi connectivity index (χ0n) is 11.7. The van der Waals surface area contributed by atoms with Crippen molar-refractivity contribution in [2.45, 2.75) is 11.4 Å². The van der Waals surface area contributed by atoms with Crippen molar-refractivity contribution in [3.8, 4) is 0 Å². The van der Waals surface area contributed by atoms with Gasteiger partial charge in [-0.05, 0) is 35.9 Å². The van der Waals surface area contributed by atoms with Crippen LogP contribution in [0.2, 0.25) is 5.02 Å². The van der Waals surface area contributed by atoms with Crippen LogP contribution < -0.4 is 4.90 Å². The molecule has 0 saturated heterocycles. The summed E-state index contributed by atoms with van der Waals surface area (Å²) >= 11 is 5.83. The van der Waals surface area contributed by atoms with Gasteiger partial charge in [0.05, 0.1) is 10.6 Å². The molecule has 0 amide bonds. The standard InChI is InChI=1S/C15H15ClFNO2S/c1-18(10-11-3-5-12(16)6-4-11)14-8-7-13(17)9-15(14)21(2,19)20/h3-9H,10H2,1-2H3. The van der Waals surface area contributed by atoms with Crippen molar-refractivity contribution < 1.29 is 12.8 Å². The number of sulfone groups is 1. The van der Waals surface area contributed by atoms with Crippen LogP contribution in [0.4, 0.5) is 10.1 Å². The Morgan fingerprint density at radius 1 is 1.14 bits per heavy atom. The molecule has 0 radical (unpaired) electrons. The fourth-order valence-corrected chi connectivity index (χ4v) is 3.11. The summed E-state index contributed by atoms with van der Waals surface area (Å²) in [6.45, 7) is 0.491. The van der Waals surface area contributed by atoms with Gasteiger partial charge in [0.15, 0.2) is 9.84 Å². The lowest BCUT2D eigenvalue weighted by Crippen LogP contribution is -2.19. The SMILES string of the molecule is CN(Cc1ccc(Cl)cc1)c1ccc(F)cc1S(C)(=O)=O. The van der Waals surface area contributed by atoms with E-state index in [1.54, 1.807) is 24.1 Å². The second-order valence-corrected chi connectivity index (χ2v) is 7.29. The van der Waals surface area contributed by atoms with E-state index < -0.39 is 15.7 Å². The van der Waals surface area contributed by atoms with E-state index >= 15 is 0 Å². The lowest BCUT2D eigenvalue weighted by atomic mass is 10.2. The van der Waals surface area contributed by atoms with Gasteiger partial charge in [-0.2, -0.15) is 0 Å². The molecule has 0 saturated carbocycles. The number of benzene rings is 2. The van der Waals surface area contributed by atoms with Crippen LogP contribution in [0.25, 0.3) is 0 Å². The molecule has 112 valence electrons. The Kier molecular flexibility index (Phi) is 4.54. The topological polar surface area (TPSA) is 37.4 Å². The molecule has 0 spiro atoms. The smallest absolute Gasteiger partial charge is 0.177 e. The molecule has 0 N–H and O–H groups in total.